The summed E-state index contributed by atoms with van der Waals surface area (Å²) in [5, 5.41) is 0.985. The van der Waals surface area contributed by atoms with E-state index in [1.54, 1.807) is 18.3 Å². The Bertz CT molecular complexity index is 713. The quantitative estimate of drug-likeness (QED) is 0.727. The molecule has 0 spiro atoms. The van der Waals surface area contributed by atoms with Crippen LogP contribution in [-0.2, 0) is 6.42 Å². The van der Waals surface area contributed by atoms with Crippen LogP contribution in [-0.4, -0.2) is 16.6 Å². The van der Waals surface area contributed by atoms with Gasteiger partial charge in [0.05, 0.1) is 12.1 Å². The van der Waals surface area contributed by atoms with Crippen molar-refractivity contribution in [3.05, 3.63) is 66.1 Å². The van der Waals surface area contributed by atoms with E-state index in [9.17, 15) is 4.39 Å². The van der Waals surface area contributed by atoms with Crippen molar-refractivity contribution in [1.82, 2.24) is 9.97 Å². The van der Waals surface area contributed by atoms with Crippen molar-refractivity contribution in [2.45, 2.75) is 6.42 Å². The summed E-state index contributed by atoms with van der Waals surface area (Å²) in [4.78, 5) is 8.49. The lowest BCUT2D eigenvalue weighted by molar-refractivity contribution is 0.297. The number of hydrogen-bond acceptors (Lipinski definition) is 3. The predicted molar refractivity (Wildman–Crippen MR) is 75.1 cm³/mol. The van der Waals surface area contributed by atoms with Crippen molar-refractivity contribution in [3.63, 3.8) is 0 Å². The number of rotatable bonds is 4. The summed E-state index contributed by atoms with van der Waals surface area (Å²) < 4.78 is 18.3. The first-order valence-electron chi connectivity index (χ1n) is 6.40. The molecule has 0 amide bonds. The Hall–Kier alpha value is -2.49. The maximum atomic E-state index is 12.8. The van der Waals surface area contributed by atoms with Crippen LogP contribution in [0.15, 0.2) is 54.7 Å². The van der Waals surface area contributed by atoms with Crippen LogP contribution in [0.4, 0.5) is 4.39 Å². The Kier molecular flexibility index (Phi) is 3.54. The van der Waals surface area contributed by atoms with Gasteiger partial charge in [0.15, 0.2) is 0 Å². The van der Waals surface area contributed by atoms with Crippen molar-refractivity contribution in [2.24, 2.45) is 0 Å². The molecule has 2 aromatic carbocycles. The highest BCUT2D eigenvalue weighted by atomic mass is 19.1. The number of para-hydroxylation sites is 1. The van der Waals surface area contributed by atoms with E-state index in [-0.39, 0.29) is 5.82 Å². The third-order valence-electron chi connectivity index (χ3n) is 3.00. The minimum Gasteiger partial charge on any atom is -0.463 e. The van der Waals surface area contributed by atoms with Gasteiger partial charge in [-0.1, -0.05) is 30.3 Å². The number of ether oxygens (including phenoxy) is 1. The van der Waals surface area contributed by atoms with Crippen LogP contribution in [0.2, 0.25) is 0 Å². The van der Waals surface area contributed by atoms with Crippen LogP contribution in [0.5, 0.6) is 6.01 Å². The number of halogens is 1. The second-order valence-electron chi connectivity index (χ2n) is 4.44. The summed E-state index contributed by atoms with van der Waals surface area (Å²) >= 11 is 0. The van der Waals surface area contributed by atoms with E-state index in [1.807, 2.05) is 24.3 Å². The number of aromatic nitrogens is 2. The molecule has 3 aromatic rings. The van der Waals surface area contributed by atoms with Gasteiger partial charge >= 0.3 is 6.01 Å². The predicted octanol–water partition coefficient (Wildman–Crippen LogP) is 3.39. The standard InChI is InChI=1S/C16H13FN2O/c17-14-7-5-12(6-8-14)9-10-20-16-18-11-13-3-1-2-4-15(13)19-16/h1-8,11H,9-10H2. The molecule has 0 N–H and O–H groups in total. The summed E-state index contributed by atoms with van der Waals surface area (Å²) in [7, 11) is 0. The van der Waals surface area contributed by atoms with Gasteiger partial charge in [-0.05, 0) is 23.8 Å². The Morgan fingerprint density at radius 2 is 1.80 bits per heavy atom. The molecule has 0 aliphatic carbocycles. The zero-order chi connectivity index (χ0) is 13.8. The fraction of sp³-hybridized carbons (Fsp3) is 0.125. The highest BCUT2D eigenvalue weighted by Crippen LogP contribution is 2.13. The first kappa shape index (κ1) is 12.5. The van der Waals surface area contributed by atoms with Crippen molar-refractivity contribution >= 4 is 10.9 Å². The molecule has 0 saturated heterocycles. The van der Waals surface area contributed by atoms with Crippen LogP contribution in [0, 0.1) is 5.82 Å². The van der Waals surface area contributed by atoms with Crippen molar-refractivity contribution in [1.29, 1.82) is 0 Å². The second kappa shape index (κ2) is 5.65. The molecule has 1 heterocycles. The van der Waals surface area contributed by atoms with Gasteiger partial charge in [0.25, 0.3) is 0 Å². The van der Waals surface area contributed by atoms with Gasteiger partial charge in [-0.2, -0.15) is 4.98 Å². The van der Waals surface area contributed by atoms with Gasteiger partial charge in [-0.25, -0.2) is 9.37 Å². The summed E-state index contributed by atoms with van der Waals surface area (Å²) in [5.74, 6) is -0.229. The molecule has 0 bridgehead atoms. The molecule has 3 rings (SSSR count). The molecule has 0 aliphatic heterocycles. The van der Waals surface area contributed by atoms with Gasteiger partial charge < -0.3 is 4.74 Å². The molecule has 0 radical (unpaired) electrons. The lowest BCUT2D eigenvalue weighted by atomic mass is 10.2. The third kappa shape index (κ3) is 2.91. The topological polar surface area (TPSA) is 35.0 Å². The van der Waals surface area contributed by atoms with E-state index < -0.39 is 0 Å². The minimum absolute atomic E-state index is 0.229. The van der Waals surface area contributed by atoms with Crippen LogP contribution >= 0.6 is 0 Å². The van der Waals surface area contributed by atoms with Gasteiger partial charge in [0.1, 0.15) is 5.82 Å². The molecule has 0 fully saturated rings. The largest absolute Gasteiger partial charge is 0.463 e. The summed E-state index contributed by atoms with van der Waals surface area (Å²) in [5.41, 5.74) is 1.88. The van der Waals surface area contributed by atoms with Crippen molar-refractivity contribution in [3.8, 4) is 6.01 Å². The van der Waals surface area contributed by atoms with E-state index in [0.717, 1.165) is 16.5 Å². The van der Waals surface area contributed by atoms with Crippen molar-refractivity contribution < 1.29 is 9.13 Å². The maximum Gasteiger partial charge on any atom is 0.316 e. The zero-order valence-electron chi connectivity index (χ0n) is 10.8. The highest BCUT2D eigenvalue weighted by molar-refractivity contribution is 5.77. The Morgan fingerprint density at radius 1 is 1.00 bits per heavy atom. The number of benzene rings is 2. The normalized spacial score (nSPS) is 10.7. The summed E-state index contributed by atoms with van der Waals surface area (Å²) in [6.45, 7) is 0.462. The minimum atomic E-state index is -0.229. The number of fused-ring (bicyclic) bond motifs is 1. The van der Waals surface area contributed by atoms with E-state index >= 15 is 0 Å². The molecule has 4 heteroatoms. The lowest BCUT2D eigenvalue weighted by Crippen LogP contribution is -2.04. The lowest BCUT2D eigenvalue weighted by Gasteiger charge is -2.05. The average Bonchev–Trinajstić information content (AvgIpc) is 2.49. The van der Waals surface area contributed by atoms with Crippen LogP contribution in [0.1, 0.15) is 5.56 Å². The molecule has 3 nitrogen and oxygen atoms in total. The third-order valence-corrected chi connectivity index (χ3v) is 3.00. The van der Waals surface area contributed by atoms with Gasteiger partial charge in [-0.15, -0.1) is 0 Å². The average molecular weight is 268 g/mol. The highest BCUT2D eigenvalue weighted by Gasteiger charge is 2.01. The SMILES string of the molecule is Fc1ccc(CCOc2ncc3ccccc3n2)cc1. The molecule has 20 heavy (non-hydrogen) atoms. The Labute approximate surface area is 116 Å². The summed E-state index contributed by atoms with van der Waals surface area (Å²) in [6, 6.07) is 14.5. The molecule has 0 unspecified atom stereocenters. The van der Waals surface area contributed by atoms with E-state index in [1.165, 1.54) is 12.1 Å². The van der Waals surface area contributed by atoms with E-state index in [4.69, 9.17) is 4.74 Å². The second-order valence-corrected chi connectivity index (χ2v) is 4.44. The van der Waals surface area contributed by atoms with E-state index in [0.29, 0.717) is 19.0 Å². The van der Waals surface area contributed by atoms with Crippen LogP contribution in [0.25, 0.3) is 10.9 Å². The van der Waals surface area contributed by atoms with Gasteiger partial charge in [-0.3, -0.25) is 0 Å². The smallest absolute Gasteiger partial charge is 0.316 e. The zero-order valence-corrected chi connectivity index (χ0v) is 10.8. The van der Waals surface area contributed by atoms with Crippen LogP contribution in [0.3, 0.4) is 0 Å². The van der Waals surface area contributed by atoms with Gasteiger partial charge in [0.2, 0.25) is 0 Å². The molecule has 0 saturated carbocycles. The monoisotopic (exact) mass is 268 g/mol. The Morgan fingerprint density at radius 3 is 2.65 bits per heavy atom. The first-order valence-corrected chi connectivity index (χ1v) is 6.40. The molecular weight excluding hydrogens is 255 g/mol. The molecule has 0 aliphatic rings. The van der Waals surface area contributed by atoms with Crippen LogP contribution < -0.4 is 4.74 Å². The molecular formula is C16H13FN2O. The van der Waals surface area contributed by atoms with Gasteiger partial charge in [0, 0.05) is 18.0 Å². The molecule has 100 valence electrons. The Balaban J connectivity index is 1.63. The molecule has 0 atom stereocenters. The van der Waals surface area contributed by atoms with Crippen molar-refractivity contribution in [2.75, 3.05) is 6.61 Å². The number of hydrogen-bond donors (Lipinski definition) is 0. The summed E-state index contributed by atoms with van der Waals surface area (Å²) in [6.07, 6.45) is 2.44. The fourth-order valence-corrected chi connectivity index (χ4v) is 1.94. The first-order chi connectivity index (χ1) is 9.81. The fourth-order valence-electron chi connectivity index (χ4n) is 1.94. The van der Waals surface area contributed by atoms with E-state index in [2.05, 4.69) is 9.97 Å². The molecule has 1 aromatic heterocycles. The maximum absolute atomic E-state index is 12.8. The number of nitrogens with zero attached hydrogens (tertiary/aromatic N) is 2.